The quantitative estimate of drug-likeness (QED) is 0.506. The van der Waals surface area contributed by atoms with E-state index in [-0.39, 0.29) is 23.5 Å². The van der Waals surface area contributed by atoms with Crippen LogP contribution in [0, 0.1) is 13.8 Å². The molecule has 1 saturated heterocycles. The average molecular weight is 488 g/mol. The number of hydrogen-bond donors (Lipinski definition) is 0. The zero-order valence-electron chi connectivity index (χ0n) is 19.4. The number of aryl methyl sites for hydroxylation is 1. The minimum absolute atomic E-state index is 0.0793. The fourth-order valence-electron chi connectivity index (χ4n) is 4.33. The van der Waals surface area contributed by atoms with Gasteiger partial charge in [-0.05, 0) is 39.4 Å². The molecule has 0 saturated carbocycles. The van der Waals surface area contributed by atoms with Gasteiger partial charge in [-0.25, -0.2) is 13.4 Å². The smallest absolute Gasteiger partial charge is 0.230 e. The van der Waals surface area contributed by atoms with Crippen LogP contribution in [0.5, 0.6) is 0 Å². The van der Waals surface area contributed by atoms with Gasteiger partial charge in [0, 0.05) is 36.7 Å². The van der Waals surface area contributed by atoms with Crippen molar-refractivity contribution >= 4 is 37.9 Å². The van der Waals surface area contributed by atoms with Gasteiger partial charge in [0.05, 0.1) is 34.6 Å². The molecule has 33 heavy (non-hydrogen) atoms. The summed E-state index contributed by atoms with van der Waals surface area (Å²) in [6.07, 6.45) is 0.620. The number of carbonyl (C=O) groups excluding carboxylic acids is 1. The summed E-state index contributed by atoms with van der Waals surface area (Å²) < 4.78 is 25.7. The highest BCUT2D eigenvalue weighted by molar-refractivity contribution is 7.91. The van der Waals surface area contributed by atoms with Gasteiger partial charge in [0.15, 0.2) is 15.0 Å². The number of anilines is 2. The van der Waals surface area contributed by atoms with E-state index in [2.05, 4.69) is 10.00 Å². The molecule has 8 nitrogen and oxygen atoms in total. The molecule has 176 valence electrons. The first kappa shape index (κ1) is 23.6. The lowest BCUT2D eigenvalue weighted by Gasteiger charge is -2.18. The molecule has 0 unspecified atom stereocenters. The van der Waals surface area contributed by atoms with Crippen LogP contribution in [0.4, 0.5) is 10.8 Å². The van der Waals surface area contributed by atoms with E-state index < -0.39 is 9.84 Å². The van der Waals surface area contributed by atoms with E-state index >= 15 is 0 Å². The molecule has 0 bridgehead atoms. The number of rotatable bonds is 7. The Bertz CT molecular complexity index is 1250. The molecule has 0 radical (unpaired) electrons. The van der Waals surface area contributed by atoms with Gasteiger partial charge < -0.3 is 0 Å². The third-order valence-corrected chi connectivity index (χ3v) is 8.57. The topological polar surface area (TPSA) is 88.4 Å². The second kappa shape index (κ2) is 9.36. The van der Waals surface area contributed by atoms with Crippen molar-refractivity contribution in [1.29, 1.82) is 0 Å². The molecule has 1 amide bonds. The number of para-hydroxylation sites is 1. The number of thiazole rings is 1. The predicted octanol–water partition coefficient (Wildman–Crippen LogP) is 3.63. The zero-order valence-corrected chi connectivity index (χ0v) is 21.0. The van der Waals surface area contributed by atoms with Crippen LogP contribution in [0.25, 0.3) is 0 Å². The van der Waals surface area contributed by atoms with E-state index in [9.17, 15) is 13.2 Å². The minimum Gasteiger partial charge on any atom is -0.296 e. The summed E-state index contributed by atoms with van der Waals surface area (Å²) in [6.45, 7) is 6.83. The SMILES string of the molecule is CC(=O)N(c1ccccc1)c1nc(CN(C)Cc2c(C)nn([C@H]3CCS(=O)(=O)C3)c2C)cs1. The number of amides is 1. The molecule has 0 aliphatic carbocycles. The van der Waals surface area contributed by atoms with Gasteiger partial charge in [-0.2, -0.15) is 5.10 Å². The first-order valence-corrected chi connectivity index (χ1v) is 13.6. The highest BCUT2D eigenvalue weighted by atomic mass is 32.2. The number of nitrogens with zero attached hydrogens (tertiary/aromatic N) is 5. The van der Waals surface area contributed by atoms with Crippen LogP contribution in [0.3, 0.4) is 0 Å². The normalized spacial score (nSPS) is 17.5. The van der Waals surface area contributed by atoms with Crippen molar-refractivity contribution in [2.45, 2.75) is 46.3 Å². The van der Waals surface area contributed by atoms with E-state index in [0.717, 1.165) is 28.3 Å². The molecule has 1 atom stereocenters. The monoisotopic (exact) mass is 487 g/mol. The zero-order chi connectivity index (χ0) is 23.8. The van der Waals surface area contributed by atoms with Crippen molar-refractivity contribution in [3.8, 4) is 0 Å². The van der Waals surface area contributed by atoms with Crippen LogP contribution in [0.15, 0.2) is 35.7 Å². The van der Waals surface area contributed by atoms with Crippen LogP contribution < -0.4 is 4.90 Å². The average Bonchev–Trinajstić information content (AvgIpc) is 3.42. The molecule has 1 aliphatic heterocycles. The number of aromatic nitrogens is 3. The van der Waals surface area contributed by atoms with Crippen molar-refractivity contribution in [2.24, 2.45) is 0 Å². The highest BCUT2D eigenvalue weighted by Gasteiger charge is 2.31. The second-order valence-electron chi connectivity index (χ2n) is 8.63. The van der Waals surface area contributed by atoms with Crippen LogP contribution in [-0.2, 0) is 27.7 Å². The first-order chi connectivity index (χ1) is 15.6. The Balaban J connectivity index is 1.47. The summed E-state index contributed by atoms with van der Waals surface area (Å²) >= 11 is 1.45. The van der Waals surface area contributed by atoms with Gasteiger partial charge in [-0.15, -0.1) is 11.3 Å². The Labute approximate surface area is 198 Å². The van der Waals surface area contributed by atoms with Crippen LogP contribution in [-0.4, -0.2) is 52.5 Å². The molecule has 1 aromatic carbocycles. The van der Waals surface area contributed by atoms with E-state index in [1.165, 1.54) is 11.3 Å². The predicted molar refractivity (Wildman–Crippen MR) is 131 cm³/mol. The van der Waals surface area contributed by atoms with Gasteiger partial charge in [0.2, 0.25) is 5.91 Å². The van der Waals surface area contributed by atoms with Crippen molar-refractivity contribution in [3.05, 3.63) is 58.4 Å². The number of sulfone groups is 1. The lowest BCUT2D eigenvalue weighted by Crippen LogP contribution is -2.23. The van der Waals surface area contributed by atoms with Gasteiger partial charge >= 0.3 is 0 Å². The largest absolute Gasteiger partial charge is 0.296 e. The van der Waals surface area contributed by atoms with E-state index in [1.54, 1.807) is 11.8 Å². The molecule has 2 aromatic heterocycles. The summed E-state index contributed by atoms with van der Waals surface area (Å²) in [7, 11) is -0.942. The Kier molecular flexibility index (Phi) is 6.69. The Morgan fingerprint density at radius 2 is 1.94 bits per heavy atom. The fraction of sp³-hybridized carbons (Fsp3) is 0.435. The molecule has 0 spiro atoms. The summed E-state index contributed by atoms with van der Waals surface area (Å²) in [5.74, 6) is 0.320. The van der Waals surface area contributed by atoms with Gasteiger partial charge in [-0.3, -0.25) is 19.3 Å². The highest BCUT2D eigenvalue weighted by Crippen LogP contribution is 2.30. The van der Waals surface area contributed by atoms with Crippen LogP contribution >= 0.6 is 11.3 Å². The van der Waals surface area contributed by atoms with Gasteiger partial charge in [-0.1, -0.05) is 18.2 Å². The summed E-state index contributed by atoms with van der Waals surface area (Å²) in [5.41, 5.74) is 4.75. The summed E-state index contributed by atoms with van der Waals surface area (Å²) in [4.78, 5) is 20.8. The molecular weight excluding hydrogens is 458 g/mol. The van der Waals surface area contributed by atoms with Crippen molar-refractivity contribution in [2.75, 3.05) is 23.5 Å². The number of benzene rings is 1. The molecular formula is C23H29N5O3S2. The van der Waals surface area contributed by atoms with Crippen molar-refractivity contribution in [3.63, 3.8) is 0 Å². The minimum atomic E-state index is -2.97. The lowest BCUT2D eigenvalue weighted by molar-refractivity contribution is -0.115. The fourth-order valence-corrected chi connectivity index (χ4v) is 6.90. The molecule has 3 aromatic rings. The van der Waals surface area contributed by atoms with Gasteiger partial charge in [0.25, 0.3) is 0 Å². The molecule has 3 heterocycles. The van der Waals surface area contributed by atoms with E-state index in [0.29, 0.717) is 24.6 Å². The Morgan fingerprint density at radius 3 is 2.58 bits per heavy atom. The Morgan fingerprint density at radius 1 is 1.21 bits per heavy atom. The maximum Gasteiger partial charge on any atom is 0.230 e. The first-order valence-electron chi connectivity index (χ1n) is 10.9. The molecule has 0 N–H and O–H groups in total. The Hall–Kier alpha value is -2.56. The van der Waals surface area contributed by atoms with Crippen molar-refractivity contribution in [1.82, 2.24) is 19.7 Å². The standard InChI is InChI=1S/C23H29N5O3S2/c1-16-22(17(2)28(25-16)21-10-11-33(30,31)15-21)13-26(4)12-19-14-32-23(24-19)27(18(3)29)20-8-6-5-7-9-20/h5-9,14,21H,10-13,15H2,1-4H3/t21-/m0/s1. The lowest BCUT2D eigenvalue weighted by atomic mass is 10.1. The van der Waals surface area contributed by atoms with Gasteiger partial charge in [0.1, 0.15) is 0 Å². The maximum atomic E-state index is 12.3. The maximum absolute atomic E-state index is 12.3. The second-order valence-corrected chi connectivity index (χ2v) is 11.7. The molecule has 1 aliphatic rings. The third kappa shape index (κ3) is 5.18. The summed E-state index contributed by atoms with van der Waals surface area (Å²) in [5, 5.41) is 7.30. The molecule has 10 heteroatoms. The van der Waals surface area contributed by atoms with E-state index in [4.69, 9.17) is 4.98 Å². The van der Waals surface area contributed by atoms with E-state index in [1.807, 2.05) is 61.3 Å². The number of hydrogen-bond acceptors (Lipinski definition) is 7. The van der Waals surface area contributed by atoms with Crippen LogP contribution in [0.1, 0.15) is 42.0 Å². The molecule has 4 rings (SSSR count). The number of carbonyl (C=O) groups is 1. The summed E-state index contributed by atoms with van der Waals surface area (Å²) in [6, 6.07) is 9.44. The van der Waals surface area contributed by atoms with Crippen molar-refractivity contribution < 1.29 is 13.2 Å². The molecule has 1 fully saturated rings. The van der Waals surface area contributed by atoms with Crippen LogP contribution in [0.2, 0.25) is 0 Å². The third-order valence-electron chi connectivity index (χ3n) is 5.95.